The molecule has 0 saturated heterocycles. The molecule has 3 aromatic carbocycles. The van der Waals surface area contributed by atoms with Crippen LogP contribution in [-0.4, -0.2) is 13.1 Å². The number of benzene rings is 3. The van der Waals surface area contributed by atoms with Crippen LogP contribution in [0.25, 0.3) is 0 Å². The molecule has 0 aromatic heterocycles. The molecule has 122 valence electrons. The topological polar surface area (TPSA) is 24.1 Å². The first-order valence-electron chi connectivity index (χ1n) is 8.51. The molecule has 0 amide bonds. The zero-order valence-corrected chi connectivity index (χ0v) is 13.9. The Morgan fingerprint density at radius 3 is 1.62 bits per heavy atom. The van der Waals surface area contributed by atoms with E-state index in [1.54, 1.807) is 0 Å². The Balaban J connectivity index is 1.55. The van der Waals surface area contributed by atoms with Gasteiger partial charge in [0, 0.05) is 19.6 Å². The smallest absolute Gasteiger partial charge is 0.0577 e. The molecule has 2 N–H and O–H groups in total. The Morgan fingerprint density at radius 2 is 1.08 bits per heavy atom. The summed E-state index contributed by atoms with van der Waals surface area (Å²) in [6, 6.07) is 32.0. The lowest BCUT2D eigenvalue weighted by atomic mass is 9.99. The summed E-state index contributed by atoms with van der Waals surface area (Å²) in [5.74, 6) is 0. The van der Waals surface area contributed by atoms with Crippen molar-refractivity contribution in [2.75, 3.05) is 13.1 Å². The molecule has 0 radical (unpaired) electrons. The highest BCUT2D eigenvalue weighted by atomic mass is 15.0. The molecule has 0 aliphatic rings. The highest BCUT2D eigenvalue weighted by Gasteiger charge is 2.12. The van der Waals surface area contributed by atoms with Gasteiger partial charge in [-0.05, 0) is 16.7 Å². The van der Waals surface area contributed by atoms with Gasteiger partial charge in [-0.1, -0.05) is 91.0 Å². The number of rotatable bonds is 8. The zero-order valence-electron chi connectivity index (χ0n) is 13.9. The van der Waals surface area contributed by atoms with Gasteiger partial charge in [-0.15, -0.1) is 0 Å². The molecule has 0 aliphatic heterocycles. The first-order valence-corrected chi connectivity index (χ1v) is 8.51. The van der Waals surface area contributed by atoms with Crippen molar-refractivity contribution in [2.24, 2.45) is 0 Å². The van der Waals surface area contributed by atoms with E-state index in [0.717, 1.165) is 19.6 Å². The molecule has 0 unspecified atom stereocenters. The van der Waals surface area contributed by atoms with Crippen LogP contribution in [0.3, 0.4) is 0 Å². The summed E-state index contributed by atoms with van der Waals surface area (Å²) in [6.07, 6.45) is 0. The number of hydrogen-bond acceptors (Lipinski definition) is 2. The molecule has 3 rings (SSSR count). The standard InChI is InChI=1S/C22H24N2/c1-4-10-19(11-5-1)18-23-16-17-24-22(20-12-6-2-7-13-20)21-14-8-3-9-15-21/h1-15,22-24H,16-18H2. The quantitative estimate of drug-likeness (QED) is 0.610. The van der Waals surface area contributed by atoms with E-state index < -0.39 is 0 Å². The third-order valence-electron chi connectivity index (χ3n) is 4.09. The predicted molar refractivity (Wildman–Crippen MR) is 101 cm³/mol. The minimum absolute atomic E-state index is 0.228. The van der Waals surface area contributed by atoms with Crippen molar-refractivity contribution in [2.45, 2.75) is 12.6 Å². The van der Waals surface area contributed by atoms with E-state index in [4.69, 9.17) is 0 Å². The van der Waals surface area contributed by atoms with Crippen LogP contribution in [0.4, 0.5) is 0 Å². The Kier molecular flexibility index (Phi) is 6.18. The number of nitrogens with one attached hydrogen (secondary N) is 2. The average Bonchev–Trinajstić information content (AvgIpc) is 2.67. The van der Waals surface area contributed by atoms with Crippen molar-refractivity contribution in [3.63, 3.8) is 0 Å². The number of hydrogen-bond donors (Lipinski definition) is 2. The van der Waals surface area contributed by atoms with Gasteiger partial charge in [0.15, 0.2) is 0 Å². The molecule has 0 atom stereocenters. The van der Waals surface area contributed by atoms with Crippen LogP contribution in [0.15, 0.2) is 91.0 Å². The van der Waals surface area contributed by atoms with Crippen LogP contribution in [0, 0.1) is 0 Å². The minimum atomic E-state index is 0.228. The Bertz CT molecular complexity index is 656. The third kappa shape index (κ3) is 4.79. The Hall–Kier alpha value is -2.42. The molecule has 3 aromatic rings. The van der Waals surface area contributed by atoms with Crippen molar-refractivity contribution in [1.29, 1.82) is 0 Å². The van der Waals surface area contributed by atoms with E-state index in [-0.39, 0.29) is 6.04 Å². The van der Waals surface area contributed by atoms with Gasteiger partial charge in [-0.3, -0.25) is 0 Å². The molecule has 24 heavy (non-hydrogen) atoms. The van der Waals surface area contributed by atoms with Crippen LogP contribution in [0.2, 0.25) is 0 Å². The second-order valence-electron chi connectivity index (χ2n) is 5.87. The van der Waals surface area contributed by atoms with Gasteiger partial charge < -0.3 is 10.6 Å². The molecule has 0 aliphatic carbocycles. The van der Waals surface area contributed by atoms with Gasteiger partial charge >= 0.3 is 0 Å². The van der Waals surface area contributed by atoms with Crippen molar-refractivity contribution in [1.82, 2.24) is 10.6 Å². The van der Waals surface area contributed by atoms with Gasteiger partial charge in [0.1, 0.15) is 0 Å². The maximum absolute atomic E-state index is 3.68. The summed E-state index contributed by atoms with van der Waals surface area (Å²) in [5.41, 5.74) is 3.92. The van der Waals surface area contributed by atoms with E-state index in [0.29, 0.717) is 0 Å². The molecule has 0 saturated carbocycles. The molecular formula is C22H24N2. The van der Waals surface area contributed by atoms with Crippen molar-refractivity contribution >= 4 is 0 Å². The third-order valence-corrected chi connectivity index (χ3v) is 4.09. The normalized spacial score (nSPS) is 10.9. The molecule has 0 heterocycles. The lowest BCUT2D eigenvalue weighted by Crippen LogP contribution is -2.30. The SMILES string of the molecule is c1ccc(CNCCNC(c2ccccc2)c2ccccc2)cc1. The molecular weight excluding hydrogens is 292 g/mol. The molecule has 0 spiro atoms. The maximum Gasteiger partial charge on any atom is 0.0577 e. The Morgan fingerprint density at radius 1 is 0.583 bits per heavy atom. The van der Waals surface area contributed by atoms with E-state index in [1.807, 2.05) is 0 Å². The van der Waals surface area contributed by atoms with Crippen molar-refractivity contribution in [3.05, 3.63) is 108 Å². The summed E-state index contributed by atoms with van der Waals surface area (Å²) in [7, 11) is 0. The Labute approximate surface area is 144 Å². The van der Waals surface area contributed by atoms with Crippen LogP contribution < -0.4 is 10.6 Å². The van der Waals surface area contributed by atoms with Gasteiger partial charge in [0.25, 0.3) is 0 Å². The first-order chi connectivity index (χ1) is 11.9. The van der Waals surface area contributed by atoms with Crippen LogP contribution in [-0.2, 0) is 6.54 Å². The minimum Gasteiger partial charge on any atom is -0.311 e. The summed E-state index contributed by atoms with van der Waals surface area (Å²) in [5, 5.41) is 7.17. The van der Waals surface area contributed by atoms with Crippen LogP contribution in [0.5, 0.6) is 0 Å². The lowest BCUT2D eigenvalue weighted by molar-refractivity contribution is 0.565. The summed E-state index contributed by atoms with van der Waals surface area (Å²) < 4.78 is 0. The highest BCUT2D eigenvalue weighted by Crippen LogP contribution is 2.21. The van der Waals surface area contributed by atoms with Gasteiger partial charge in [-0.25, -0.2) is 0 Å². The van der Waals surface area contributed by atoms with E-state index in [9.17, 15) is 0 Å². The fourth-order valence-corrected chi connectivity index (χ4v) is 2.85. The summed E-state index contributed by atoms with van der Waals surface area (Å²) in [6.45, 7) is 2.76. The van der Waals surface area contributed by atoms with Crippen LogP contribution in [0.1, 0.15) is 22.7 Å². The average molecular weight is 316 g/mol. The van der Waals surface area contributed by atoms with Gasteiger partial charge in [-0.2, -0.15) is 0 Å². The monoisotopic (exact) mass is 316 g/mol. The first kappa shape index (κ1) is 16.4. The molecule has 2 nitrogen and oxygen atoms in total. The second kappa shape index (κ2) is 9.02. The molecule has 0 bridgehead atoms. The zero-order chi connectivity index (χ0) is 16.5. The van der Waals surface area contributed by atoms with Crippen molar-refractivity contribution < 1.29 is 0 Å². The van der Waals surface area contributed by atoms with E-state index >= 15 is 0 Å². The fraction of sp³-hybridized carbons (Fsp3) is 0.182. The second-order valence-corrected chi connectivity index (χ2v) is 5.87. The van der Waals surface area contributed by atoms with Gasteiger partial charge in [0.2, 0.25) is 0 Å². The summed E-state index contributed by atoms with van der Waals surface area (Å²) in [4.78, 5) is 0. The van der Waals surface area contributed by atoms with Crippen molar-refractivity contribution in [3.8, 4) is 0 Å². The fourth-order valence-electron chi connectivity index (χ4n) is 2.85. The van der Waals surface area contributed by atoms with E-state index in [1.165, 1.54) is 16.7 Å². The maximum atomic E-state index is 3.68. The molecule has 2 heteroatoms. The van der Waals surface area contributed by atoms with E-state index in [2.05, 4.69) is 102 Å². The highest BCUT2D eigenvalue weighted by molar-refractivity contribution is 5.31. The summed E-state index contributed by atoms with van der Waals surface area (Å²) >= 11 is 0. The van der Waals surface area contributed by atoms with Crippen LogP contribution >= 0.6 is 0 Å². The van der Waals surface area contributed by atoms with Gasteiger partial charge in [0.05, 0.1) is 6.04 Å². The largest absolute Gasteiger partial charge is 0.311 e. The molecule has 0 fully saturated rings. The predicted octanol–water partition coefficient (Wildman–Crippen LogP) is 4.16. The lowest BCUT2D eigenvalue weighted by Gasteiger charge is -2.20.